The van der Waals surface area contributed by atoms with Gasteiger partial charge in [0.15, 0.2) is 11.5 Å². The number of carbonyl (C=O) groups is 1. The molecule has 5 nitrogen and oxygen atoms in total. The number of hydrogen-bond acceptors (Lipinski definition) is 4. The van der Waals surface area contributed by atoms with Crippen LogP contribution in [0.3, 0.4) is 0 Å². The summed E-state index contributed by atoms with van der Waals surface area (Å²) in [5.74, 6) is 0.954. The summed E-state index contributed by atoms with van der Waals surface area (Å²) in [6.45, 7) is 1.31. The van der Waals surface area contributed by atoms with E-state index in [4.69, 9.17) is 9.47 Å². The number of amides is 1. The molecule has 0 aliphatic carbocycles. The molecule has 1 aliphatic rings. The quantitative estimate of drug-likeness (QED) is 0.766. The van der Waals surface area contributed by atoms with E-state index in [0.29, 0.717) is 18.0 Å². The van der Waals surface area contributed by atoms with Crippen LogP contribution in [-0.2, 0) is 4.79 Å². The van der Waals surface area contributed by atoms with Crippen molar-refractivity contribution in [2.45, 2.75) is 18.9 Å². The van der Waals surface area contributed by atoms with Crippen LogP contribution in [0, 0.1) is 5.82 Å². The van der Waals surface area contributed by atoms with Gasteiger partial charge in [0.25, 0.3) is 0 Å². The van der Waals surface area contributed by atoms with Gasteiger partial charge in [-0.15, -0.1) is 0 Å². The topological polar surface area (TPSA) is 50.8 Å². The fourth-order valence-electron chi connectivity index (χ4n) is 3.34. The molecule has 2 aromatic rings. The summed E-state index contributed by atoms with van der Waals surface area (Å²) in [6.07, 6.45) is 5.20. The van der Waals surface area contributed by atoms with Crippen molar-refractivity contribution in [1.82, 2.24) is 4.90 Å². The zero-order valence-electron chi connectivity index (χ0n) is 16.2. The van der Waals surface area contributed by atoms with Crippen molar-refractivity contribution in [3.8, 4) is 11.5 Å². The minimum absolute atomic E-state index is 0.0412. The lowest BCUT2D eigenvalue weighted by atomic mass is 10.0. The zero-order valence-corrected chi connectivity index (χ0v) is 16.2. The van der Waals surface area contributed by atoms with Crippen molar-refractivity contribution >= 4 is 17.7 Å². The first kappa shape index (κ1) is 19.7. The maximum Gasteiger partial charge on any atom is 0.246 e. The molecule has 0 radical (unpaired) electrons. The van der Waals surface area contributed by atoms with Crippen LogP contribution in [0.5, 0.6) is 11.5 Å². The largest absolute Gasteiger partial charge is 0.493 e. The highest BCUT2D eigenvalue weighted by Crippen LogP contribution is 2.28. The monoisotopic (exact) mass is 384 g/mol. The number of hydrogen-bond donors (Lipinski definition) is 1. The minimum Gasteiger partial charge on any atom is -0.493 e. The molecule has 1 fully saturated rings. The second kappa shape index (κ2) is 9.26. The van der Waals surface area contributed by atoms with Crippen LogP contribution in [0.1, 0.15) is 18.4 Å². The minimum atomic E-state index is -0.272. The van der Waals surface area contributed by atoms with Gasteiger partial charge in [0.1, 0.15) is 5.82 Å². The van der Waals surface area contributed by atoms with Crippen molar-refractivity contribution in [3.05, 3.63) is 59.9 Å². The number of rotatable bonds is 6. The van der Waals surface area contributed by atoms with Gasteiger partial charge in [-0.2, -0.15) is 0 Å². The molecule has 1 heterocycles. The van der Waals surface area contributed by atoms with Gasteiger partial charge in [-0.05, 0) is 54.8 Å². The second-order valence-electron chi connectivity index (χ2n) is 6.73. The van der Waals surface area contributed by atoms with Gasteiger partial charge in [-0.3, -0.25) is 4.79 Å². The Bertz CT molecular complexity index is 853. The van der Waals surface area contributed by atoms with Crippen molar-refractivity contribution in [1.29, 1.82) is 0 Å². The second-order valence-corrected chi connectivity index (χ2v) is 6.73. The Kier molecular flexibility index (Phi) is 6.53. The van der Waals surface area contributed by atoms with E-state index in [1.54, 1.807) is 32.4 Å². The number of anilines is 1. The SMILES string of the molecule is COc1ccc(/C=C/C(=O)N2CCCC(Nc3cccc(F)c3)C2)cc1OC. The van der Waals surface area contributed by atoms with Crippen molar-refractivity contribution in [2.24, 2.45) is 0 Å². The molecule has 1 atom stereocenters. The highest BCUT2D eigenvalue weighted by molar-refractivity contribution is 5.92. The maximum atomic E-state index is 13.4. The Labute approximate surface area is 164 Å². The predicted molar refractivity (Wildman–Crippen MR) is 108 cm³/mol. The fourth-order valence-corrected chi connectivity index (χ4v) is 3.34. The van der Waals surface area contributed by atoms with Crippen molar-refractivity contribution < 1.29 is 18.7 Å². The van der Waals surface area contributed by atoms with Crippen LogP contribution in [0.2, 0.25) is 0 Å². The van der Waals surface area contributed by atoms with Crippen LogP contribution in [-0.4, -0.2) is 44.2 Å². The molecule has 3 rings (SSSR count). The first-order chi connectivity index (χ1) is 13.6. The van der Waals surface area contributed by atoms with Gasteiger partial charge >= 0.3 is 0 Å². The smallest absolute Gasteiger partial charge is 0.246 e. The summed E-state index contributed by atoms with van der Waals surface area (Å²) in [6, 6.07) is 12.0. The summed E-state index contributed by atoms with van der Waals surface area (Å²) < 4.78 is 23.9. The standard InChI is InChI=1S/C22H25FN2O3/c1-27-20-10-8-16(13-21(20)28-2)9-11-22(26)25-12-4-7-19(15-25)24-18-6-3-5-17(23)14-18/h3,5-6,8-11,13-14,19,24H,4,7,12,15H2,1-2H3/b11-9+. The molecule has 0 spiro atoms. The number of ether oxygens (including phenoxy) is 2. The Balaban J connectivity index is 1.61. The van der Waals surface area contributed by atoms with Crippen LogP contribution < -0.4 is 14.8 Å². The first-order valence-corrected chi connectivity index (χ1v) is 9.30. The summed E-state index contributed by atoms with van der Waals surface area (Å²) in [7, 11) is 3.16. The van der Waals surface area contributed by atoms with E-state index < -0.39 is 0 Å². The highest BCUT2D eigenvalue weighted by atomic mass is 19.1. The third-order valence-electron chi connectivity index (χ3n) is 4.75. The van der Waals surface area contributed by atoms with Crippen molar-refractivity contribution in [2.75, 3.05) is 32.6 Å². The number of likely N-dealkylation sites (tertiary alicyclic amines) is 1. The van der Waals surface area contributed by atoms with Crippen LogP contribution in [0.4, 0.5) is 10.1 Å². The number of methoxy groups -OCH3 is 2. The molecule has 0 aromatic heterocycles. The van der Waals surface area contributed by atoms with Gasteiger partial charge in [-0.25, -0.2) is 4.39 Å². The number of nitrogens with zero attached hydrogens (tertiary/aromatic N) is 1. The zero-order chi connectivity index (χ0) is 19.9. The van der Waals surface area contributed by atoms with E-state index >= 15 is 0 Å². The Morgan fingerprint density at radius 3 is 2.75 bits per heavy atom. The molecule has 28 heavy (non-hydrogen) atoms. The van der Waals surface area contributed by atoms with E-state index in [0.717, 1.165) is 30.6 Å². The van der Waals surface area contributed by atoms with E-state index in [-0.39, 0.29) is 17.8 Å². The predicted octanol–water partition coefficient (Wildman–Crippen LogP) is 3.96. The lowest BCUT2D eigenvalue weighted by Gasteiger charge is -2.33. The van der Waals surface area contributed by atoms with Gasteiger partial charge < -0.3 is 19.7 Å². The van der Waals surface area contributed by atoms with Crippen LogP contribution >= 0.6 is 0 Å². The van der Waals surface area contributed by atoms with Gasteiger partial charge in [0, 0.05) is 30.9 Å². The van der Waals surface area contributed by atoms with E-state index in [2.05, 4.69) is 5.32 Å². The summed E-state index contributed by atoms with van der Waals surface area (Å²) in [4.78, 5) is 14.4. The average molecular weight is 384 g/mol. The Hall–Kier alpha value is -3.02. The highest BCUT2D eigenvalue weighted by Gasteiger charge is 2.22. The first-order valence-electron chi connectivity index (χ1n) is 9.30. The normalized spacial score (nSPS) is 16.8. The Morgan fingerprint density at radius 1 is 1.18 bits per heavy atom. The summed E-state index contributed by atoms with van der Waals surface area (Å²) in [5.41, 5.74) is 1.60. The molecule has 6 heteroatoms. The molecular formula is C22H25FN2O3. The number of carbonyl (C=O) groups excluding carboxylic acids is 1. The van der Waals surface area contributed by atoms with Gasteiger partial charge in [0.05, 0.1) is 14.2 Å². The molecule has 1 saturated heterocycles. The molecule has 0 bridgehead atoms. The van der Waals surface area contributed by atoms with Gasteiger partial charge in [-0.1, -0.05) is 12.1 Å². The number of nitrogens with one attached hydrogen (secondary N) is 1. The van der Waals surface area contributed by atoms with E-state index in [1.807, 2.05) is 29.2 Å². The third-order valence-corrected chi connectivity index (χ3v) is 4.75. The lowest BCUT2D eigenvalue weighted by Crippen LogP contribution is -2.44. The maximum absolute atomic E-state index is 13.4. The third kappa shape index (κ3) is 5.03. The molecule has 1 N–H and O–H groups in total. The molecule has 2 aromatic carbocycles. The van der Waals surface area contributed by atoms with Gasteiger partial charge in [0.2, 0.25) is 5.91 Å². The van der Waals surface area contributed by atoms with Crippen LogP contribution in [0.25, 0.3) is 6.08 Å². The lowest BCUT2D eigenvalue weighted by molar-refractivity contribution is -0.126. The Morgan fingerprint density at radius 2 is 2.00 bits per heavy atom. The molecular weight excluding hydrogens is 359 g/mol. The number of benzene rings is 2. The summed E-state index contributed by atoms with van der Waals surface area (Å²) in [5, 5.41) is 3.32. The number of piperidine rings is 1. The van der Waals surface area contributed by atoms with E-state index in [1.165, 1.54) is 12.1 Å². The van der Waals surface area contributed by atoms with Crippen LogP contribution in [0.15, 0.2) is 48.5 Å². The molecule has 148 valence electrons. The van der Waals surface area contributed by atoms with Crippen molar-refractivity contribution in [3.63, 3.8) is 0 Å². The molecule has 0 saturated carbocycles. The molecule has 1 unspecified atom stereocenters. The molecule has 1 amide bonds. The fraction of sp³-hybridized carbons (Fsp3) is 0.318. The molecule has 1 aliphatic heterocycles. The summed E-state index contributed by atoms with van der Waals surface area (Å²) >= 11 is 0. The average Bonchev–Trinajstić information content (AvgIpc) is 2.72. The number of halogens is 1. The van der Waals surface area contributed by atoms with E-state index in [9.17, 15) is 9.18 Å².